The van der Waals surface area contributed by atoms with Crippen molar-refractivity contribution >= 4 is 0 Å². The Morgan fingerprint density at radius 2 is 2.16 bits per heavy atom. The minimum absolute atomic E-state index is 0.318. The van der Waals surface area contributed by atoms with E-state index in [0.717, 1.165) is 13.1 Å². The lowest BCUT2D eigenvalue weighted by Crippen LogP contribution is -2.26. The van der Waals surface area contributed by atoms with Crippen molar-refractivity contribution < 1.29 is 8.81 Å². The second kappa shape index (κ2) is 6.40. The van der Waals surface area contributed by atoms with Crippen molar-refractivity contribution in [2.75, 3.05) is 27.2 Å². The fourth-order valence-electron chi connectivity index (χ4n) is 1.56. The molecular formula is C13H17FN4O. The van der Waals surface area contributed by atoms with Crippen molar-refractivity contribution in [2.45, 2.75) is 6.54 Å². The van der Waals surface area contributed by atoms with E-state index in [-0.39, 0.29) is 5.82 Å². The molecule has 0 aliphatic rings. The van der Waals surface area contributed by atoms with E-state index >= 15 is 0 Å². The van der Waals surface area contributed by atoms with Gasteiger partial charge in [0.1, 0.15) is 5.82 Å². The number of aromatic nitrogens is 2. The number of rotatable bonds is 6. The number of hydrogen-bond donors (Lipinski definition) is 1. The Bertz CT molecular complexity index is 527. The zero-order valence-electron chi connectivity index (χ0n) is 11.1. The third-order valence-corrected chi connectivity index (χ3v) is 2.55. The van der Waals surface area contributed by atoms with E-state index in [9.17, 15) is 4.39 Å². The molecule has 0 spiro atoms. The van der Waals surface area contributed by atoms with Crippen molar-refractivity contribution in [1.29, 1.82) is 0 Å². The van der Waals surface area contributed by atoms with Crippen molar-refractivity contribution in [3.8, 4) is 11.5 Å². The van der Waals surface area contributed by atoms with Gasteiger partial charge in [0.15, 0.2) is 0 Å². The molecule has 1 aromatic carbocycles. The first-order valence-corrected chi connectivity index (χ1v) is 6.09. The van der Waals surface area contributed by atoms with Gasteiger partial charge < -0.3 is 14.6 Å². The molecule has 0 aliphatic carbocycles. The molecule has 0 aliphatic heterocycles. The highest BCUT2D eigenvalue weighted by Gasteiger charge is 2.08. The summed E-state index contributed by atoms with van der Waals surface area (Å²) in [7, 11) is 4.02. The molecule has 0 saturated heterocycles. The quantitative estimate of drug-likeness (QED) is 0.802. The van der Waals surface area contributed by atoms with Crippen LogP contribution in [0.1, 0.15) is 5.89 Å². The fourth-order valence-corrected chi connectivity index (χ4v) is 1.56. The van der Waals surface area contributed by atoms with Crippen molar-refractivity contribution in [3.63, 3.8) is 0 Å². The van der Waals surface area contributed by atoms with Gasteiger partial charge in [0.25, 0.3) is 0 Å². The Balaban J connectivity index is 1.92. The highest BCUT2D eigenvalue weighted by Crippen LogP contribution is 2.18. The molecule has 0 amide bonds. The summed E-state index contributed by atoms with van der Waals surface area (Å²) in [6, 6.07) is 6.10. The minimum Gasteiger partial charge on any atom is -0.419 e. The van der Waals surface area contributed by atoms with Crippen LogP contribution in [0.4, 0.5) is 4.39 Å². The molecule has 1 N–H and O–H groups in total. The SMILES string of the molecule is CN(C)CCNCc1nnc(-c2cccc(F)c2)o1. The molecule has 0 saturated carbocycles. The maximum atomic E-state index is 13.1. The number of likely N-dealkylation sites (N-methyl/N-ethyl adjacent to an activating group) is 1. The lowest BCUT2D eigenvalue weighted by molar-refractivity contribution is 0.390. The molecule has 0 radical (unpaired) electrons. The highest BCUT2D eigenvalue weighted by molar-refractivity contribution is 5.52. The molecule has 0 fully saturated rings. The van der Waals surface area contributed by atoms with Gasteiger partial charge in [-0.25, -0.2) is 4.39 Å². The first-order chi connectivity index (χ1) is 9.15. The second-order valence-electron chi connectivity index (χ2n) is 4.49. The second-order valence-corrected chi connectivity index (χ2v) is 4.49. The number of hydrogen-bond acceptors (Lipinski definition) is 5. The van der Waals surface area contributed by atoms with Crippen LogP contribution in [0.15, 0.2) is 28.7 Å². The van der Waals surface area contributed by atoms with Crippen molar-refractivity contribution in [3.05, 3.63) is 36.0 Å². The van der Waals surface area contributed by atoms with Gasteiger partial charge in [-0.1, -0.05) is 6.07 Å². The number of nitrogens with one attached hydrogen (secondary N) is 1. The molecule has 0 unspecified atom stereocenters. The van der Waals surface area contributed by atoms with E-state index in [1.165, 1.54) is 12.1 Å². The average molecular weight is 264 g/mol. The van der Waals surface area contributed by atoms with E-state index in [1.807, 2.05) is 14.1 Å². The lowest BCUT2D eigenvalue weighted by Gasteiger charge is -2.08. The topological polar surface area (TPSA) is 54.2 Å². The van der Waals surface area contributed by atoms with Crippen LogP contribution in [0.3, 0.4) is 0 Å². The van der Waals surface area contributed by atoms with Gasteiger partial charge in [-0.3, -0.25) is 0 Å². The predicted molar refractivity (Wildman–Crippen MR) is 70.0 cm³/mol. The maximum Gasteiger partial charge on any atom is 0.247 e. The van der Waals surface area contributed by atoms with Crippen LogP contribution in [0.5, 0.6) is 0 Å². The zero-order chi connectivity index (χ0) is 13.7. The molecule has 19 heavy (non-hydrogen) atoms. The summed E-state index contributed by atoms with van der Waals surface area (Å²) in [4.78, 5) is 2.08. The zero-order valence-corrected chi connectivity index (χ0v) is 11.1. The molecular weight excluding hydrogens is 247 g/mol. The molecule has 1 aromatic heterocycles. The summed E-state index contributed by atoms with van der Waals surface area (Å²) in [5.74, 6) is 0.517. The van der Waals surface area contributed by atoms with Gasteiger partial charge in [-0.2, -0.15) is 0 Å². The van der Waals surface area contributed by atoms with E-state index in [4.69, 9.17) is 4.42 Å². The molecule has 2 aromatic rings. The Kier molecular flexibility index (Phi) is 4.59. The van der Waals surface area contributed by atoms with Crippen LogP contribution in [0.2, 0.25) is 0 Å². The number of nitrogens with zero attached hydrogens (tertiary/aromatic N) is 3. The normalized spacial score (nSPS) is 11.2. The van der Waals surface area contributed by atoms with Gasteiger partial charge in [0.05, 0.1) is 6.54 Å². The first kappa shape index (κ1) is 13.6. The maximum absolute atomic E-state index is 13.1. The molecule has 5 nitrogen and oxygen atoms in total. The molecule has 0 atom stereocenters. The Hall–Kier alpha value is -1.79. The average Bonchev–Trinajstić information content (AvgIpc) is 2.83. The van der Waals surface area contributed by atoms with Gasteiger partial charge in [0.2, 0.25) is 11.8 Å². The third-order valence-electron chi connectivity index (χ3n) is 2.55. The monoisotopic (exact) mass is 264 g/mol. The number of benzene rings is 1. The highest BCUT2D eigenvalue weighted by atomic mass is 19.1. The van der Waals surface area contributed by atoms with Gasteiger partial charge >= 0.3 is 0 Å². The van der Waals surface area contributed by atoms with Crippen LogP contribution in [0.25, 0.3) is 11.5 Å². The fraction of sp³-hybridized carbons (Fsp3) is 0.385. The summed E-state index contributed by atoms with van der Waals surface area (Å²) in [5, 5.41) is 11.0. The first-order valence-electron chi connectivity index (χ1n) is 6.09. The Labute approximate surface area is 111 Å². The van der Waals surface area contributed by atoms with Gasteiger partial charge in [-0.15, -0.1) is 10.2 Å². The van der Waals surface area contributed by atoms with Crippen LogP contribution >= 0.6 is 0 Å². The van der Waals surface area contributed by atoms with E-state index in [0.29, 0.717) is 23.9 Å². The minimum atomic E-state index is -0.318. The summed E-state index contributed by atoms with van der Waals surface area (Å²) < 4.78 is 18.5. The Morgan fingerprint density at radius 1 is 1.32 bits per heavy atom. The lowest BCUT2D eigenvalue weighted by atomic mass is 10.2. The largest absolute Gasteiger partial charge is 0.419 e. The predicted octanol–water partition coefficient (Wildman–Crippen LogP) is 1.53. The van der Waals surface area contributed by atoms with Gasteiger partial charge in [-0.05, 0) is 32.3 Å². The summed E-state index contributed by atoms with van der Waals surface area (Å²) in [5.41, 5.74) is 0.590. The van der Waals surface area contributed by atoms with Crippen LogP contribution in [-0.2, 0) is 6.54 Å². The summed E-state index contributed by atoms with van der Waals surface area (Å²) >= 11 is 0. The molecule has 1 heterocycles. The van der Waals surface area contributed by atoms with Crippen molar-refractivity contribution in [1.82, 2.24) is 20.4 Å². The molecule has 102 valence electrons. The molecule has 2 rings (SSSR count). The van der Waals surface area contributed by atoms with Crippen LogP contribution in [0, 0.1) is 5.82 Å². The van der Waals surface area contributed by atoms with Gasteiger partial charge in [0, 0.05) is 18.7 Å². The number of halogens is 1. The van der Waals surface area contributed by atoms with Crippen molar-refractivity contribution in [2.24, 2.45) is 0 Å². The smallest absolute Gasteiger partial charge is 0.247 e. The van der Waals surface area contributed by atoms with Crippen LogP contribution < -0.4 is 5.32 Å². The Morgan fingerprint density at radius 3 is 2.89 bits per heavy atom. The summed E-state index contributed by atoms with van der Waals surface area (Å²) in [6.07, 6.45) is 0. The summed E-state index contributed by atoms with van der Waals surface area (Å²) in [6.45, 7) is 2.28. The molecule has 0 bridgehead atoms. The van der Waals surface area contributed by atoms with E-state index in [2.05, 4.69) is 20.4 Å². The molecule has 6 heteroatoms. The van der Waals surface area contributed by atoms with E-state index in [1.54, 1.807) is 12.1 Å². The van der Waals surface area contributed by atoms with E-state index < -0.39 is 0 Å². The standard InChI is InChI=1S/C13H17FN4O/c1-18(2)7-6-15-9-12-16-17-13(19-12)10-4-3-5-11(14)8-10/h3-5,8,15H,6-7,9H2,1-2H3. The third kappa shape index (κ3) is 4.11. The van der Waals surface area contributed by atoms with Crippen LogP contribution in [-0.4, -0.2) is 42.3 Å².